The largest absolute Gasteiger partial charge is 0.363 e. The molecule has 0 aromatic carbocycles. The predicted molar refractivity (Wildman–Crippen MR) is 71.4 cm³/mol. The minimum atomic E-state index is -1.27. The van der Waals surface area contributed by atoms with Gasteiger partial charge in [0.2, 0.25) is 6.29 Å². The van der Waals surface area contributed by atoms with E-state index in [1.807, 2.05) is 28.1 Å². The Morgan fingerprint density at radius 1 is 0.941 bits per heavy atom. The van der Waals surface area contributed by atoms with E-state index in [1.165, 1.54) is 0 Å². The molecule has 1 atom stereocenters. The first-order chi connectivity index (χ1) is 7.40. The summed E-state index contributed by atoms with van der Waals surface area (Å²) in [7, 11) is 12.6. The molecule has 17 heavy (non-hydrogen) atoms. The second-order valence-corrected chi connectivity index (χ2v) is 7.21. The number of rotatable bonds is 7. The molecule has 0 aliphatic carbocycles. The highest BCUT2D eigenvalue weighted by Gasteiger charge is 2.43. The molecule has 0 saturated heterocycles. The molecule has 0 aliphatic rings. The van der Waals surface area contributed by atoms with Crippen LogP contribution in [0, 0.1) is 0 Å². The summed E-state index contributed by atoms with van der Waals surface area (Å²) in [6.07, 6.45) is 1.70. The molecule has 4 heteroatoms. The summed E-state index contributed by atoms with van der Waals surface area (Å²) in [6, 6.07) is 0. The number of unbranched alkanes of at least 4 members (excludes halogenated alkanes) is 1. The summed E-state index contributed by atoms with van der Waals surface area (Å²) in [4.78, 5) is 0. The van der Waals surface area contributed by atoms with Gasteiger partial charge in [0.25, 0.3) is 0 Å². The summed E-state index contributed by atoms with van der Waals surface area (Å²) in [6.45, 7) is 3.07. The maximum Gasteiger partial charge on any atom is 0.208 e. The zero-order valence-corrected chi connectivity index (χ0v) is 12.7. The summed E-state index contributed by atoms with van der Waals surface area (Å²) in [5.74, 6) is 0. The lowest BCUT2D eigenvalue weighted by Gasteiger charge is -2.45. The zero-order valence-electron chi connectivity index (χ0n) is 12.7. The minimum absolute atomic E-state index is 0.495. The smallest absolute Gasteiger partial charge is 0.208 e. The van der Waals surface area contributed by atoms with Crippen molar-refractivity contribution in [1.82, 2.24) is 0 Å². The van der Waals surface area contributed by atoms with Gasteiger partial charge in [-0.05, 0) is 19.8 Å². The SMILES string of the molecule is CC(CCCC[N+](C)(C)C)(C(O)O)[N+](C)(C)C. The highest BCUT2D eigenvalue weighted by Crippen LogP contribution is 2.27. The number of hydrogen-bond acceptors (Lipinski definition) is 2. The molecule has 0 aliphatic heterocycles. The van der Waals surface area contributed by atoms with E-state index in [0.717, 1.165) is 30.3 Å². The molecule has 1 unspecified atom stereocenters. The Balaban J connectivity index is 4.31. The van der Waals surface area contributed by atoms with E-state index in [9.17, 15) is 10.2 Å². The Kier molecular flexibility index (Phi) is 5.60. The number of aliphatic hydroxyl groups excluding tert-OH is 1. The molecule has 0 radical (unpaired) electrons. The van der Waals surface area contributed by atoms with Crippen LogP contribution in [-0.4, -0.2) is 79.8 Å². The zero-order chi connectivity index (χ0) is 13.9. The van der Waals surface area contributed by atoms with E-state index in [4.69, 9.17) is 0 Å². The molecular formula is C13H32N2O2+2. The summed E-state index contributed by atoms with van der Waals surface area (Å²) in [5.41, 5.74) is -0.495. The van der Waals surface area contributed by atoms with Gasteiger partial charge in [-0.1, -0.05) is 0 Å². The van der Waals surface area contributed by atoms with Gasteiger partial charge in [-0.2, -0.15) is 0 Å². The van der Waals surface area contributed by atoms with Crippen molar-refractivity contribution in [3.63, 3.8) is 0 Å². The lowest BCUT2D eigenvalue weighted by atomic mass is 9.90. The number of likely N-dealkylation sites (N-methyl/N-ethyl adjacent to an activating group) is 1. The van der Waals surface area contributed by atoms with E-state index in [-0.39, 0.29) is 0 Å². The van der Waals surface area contributed by atoms with Gasteiger partial charge in [0.15, 0.2) is 0 Å². The van der Waals surface area contributed by atoms with E-state index < -0.39 is 11.8 Å². The number of quaternary nitrogens is 2. The van der Waals surface area contributed by atoms with Crippen molar-refractivity contribution >= 4 is 0 Å². The molecule has 0 aromatic heterocycles. The van der Waals surface area contributed by atoms with Crippen molar-refractivity contribution in [1.29, 1.82) is 0 Å². The van der Waals surface area contributed by atoms with Gasteiger partial charge < -0.3 is 19.2 Å². The highest BCUT2D eigenvalue weighted by molar-refractivity contribution is 4.77. The summed E-state index contributed by atoms with van der Waals surface area (Å²) < 4.78 is 1.53. The standard InChI is InChI=1S/C13H32N2O2/c1-13(12(16)17,15(5,6)7)10-8-9-11-14(2,3)4/h12,16-17H,8-11H2,1-7H3/q+2. The molecule has 0 fully saturated rings. The molecular weight excluding hydrogens is 216 g/mol. The predicted octanol–water partition coefficient (Wildman–Crippen LogP) is 0.639. The first-order valence-electron chi connectivity index (χ1n) is 6.38. The quantitative estimate of drug-likeness (QED) is 0.394. The van der Waals surface area contributed by atoms with Gasteiger partial charge >= 0.3 is 0 Å². The van der Waals surface area contributed by atoms with Gasteiger partial charge in [0, 0.05) is 6.42 Å². The lowest BCUT2D eigenvalue weighted by molar-refractivity contribution is -0.930. The van der Waals surface area contributed by atoms with Crippen LogP contribution in [0.5, 0.6) is 0 Å². The number of nitrogens with zero attached hydrogens (tertiary/aromatic N) is 2. The second-order valence-electron chi connectivity index (χ2n) is 7.21. The van der Waals surface area contributed by atoms with Crippen LogP contribution in [-0.2, 0) is 0 Å². The summed E-state index contributed by atoms with van der Waals surface area (Å²) >= 11 is 0. The molecule has 4 nitrogen and oxygen atoms in total. The average molecular weight is 248 g/mol. The van der Waals surface area contributed by atoms with Crippen LogP contribution in [0.1, 0.15) is 26.2 Å². The van der Waals surface area contributed by atoms with Crippen molar-refractivity contribution in [3.8, 4) is 0 Å². The van der Waals surface area contributed by atoms with Gasteiger partial charge in [0.1, 0.15) is 5.54 Å². The fraction of sp³-hybridized carbons (Fsp3) is 1.00. The average Bonchev–Trinajstić information content (AvgIpc) is 2.08. The Bertz CT molecular complexity index is 229. The fourth-order valence-corrected chi connectivity index (χ4v) is 1.88. The maximum atomic E-state index is 9.60. The van der Waals surface area contributed by atoms with Crippen LogP contribution in [0.25, 0.3) is 0 Å². The van der Waals surface area contributed by atoms with Gasteiger partial charge in [-0.3, -0.25) is 0 Å². The number of aliphatic hydroxyl groups is 2. The first-order valence-corrected chi connectivity index (χ1v) is 6.38. The molecule has 0 heterocycles. The van der Waals surface area contributed by atoms with Crippen LogP contribution in [0.4, 0.5) is 0 Å². The van der Waals surface area contributed by atoms with Crippen molar-refractivity contribution < 1.29 is 19.2 Å². The third kappa shape index (κ3) is 5.34. The Labute approximate surface area is 107 Å². The van der Waals surface area contributed by atoms with Crippen LogP contribution < -0.4 is 0 Å². The van der Waals surface area contributed by atoms with E-state index in [1.54, 1.807) is 0 Å². The normalized spacial score (nSPS) is 17.3. The maximum absolute atomic E-state index is 9.60. The minimum Gasteiger partial charge on any atom is -0.363 e. The molecule has 0 aromatic rings. The van der Waals surface area contributed by atoms with Gasteiger partial charge in [-0.15, -0.1) is 0 Å². The van der Waals surface area contributed by atoms with Crippen LogP contribution in [0.3, 0.4) is 0 Å². The van der Waals surface area contributed by atoms with E-state index in [2.05, 4.69) is 21.1 Å². The second kappa shape index (κ2) is 5.65. The van der Waals surface area contributed by atoms with Crippen molar-refractivity contribution in [2.75, 3.05) is 48.8 Å². The summed E-state index contributed by atoms with van der Waals surface area (Å²) in [5, 5.41) is 19.2. The monoisotopic (exact) mass is 248 g/mol. The van der Waals surface area contributed by atoms with Crippen molar-refractivity contribution in [3.05, 3.63) is 0 Å². The third-order valence-electron chi connectivity index (χ3n) is 3.85. The Hall–Kier alpha value is -0.160. The van der Waals surface area contributed by atoms with Gasteiger partial charge in [-0.25, -0.2) is 0 Å². The molecule has 0 bridgehead atoms. The fourth-order valence-electron chi connectivity index (χ4n) is 1.88. The highest BCUT2D eigenvalue weighted by atomic mass is 16.5. The van der Waals surface area contributed by atoms with Crippen LogP contribution in [0.15, 0.2) is 0 Å². The van der Waals surface area contributed by atoms with E-state index in [0.29, 0.717) is 4.48 Å². The Morgan fingerprint density at radius 2 is 1.41 bits per heavy atom. The molecule has 104 valence electrons. The van der Waals surface area contributed by atoms with Crippen molar-refractivity contribution in [2.24, 2.45) is 0 Å². The first kappa shape index (κ1) is 16.8. The lowest BCUT2D eigenvalue weighted by Crippen LogP contribution is -2.61. The van der Waals surface area contributed by atoms with Crippen molar-refractivity contribution in [2.45, 2.75) is 38.0 Å². The molecule has 0 spiro atoms. The van der Waals surface area contributed by atoms with Crippen LogP contribution in [0.2, 0.25) is 0 Å². The molecule has 0 amide bonds. The molecule has 2 N–H and O–H groups in total. The third-order valence-corrected chi connectivity index (χ3v) is 3.85. The van der Waals surface area contributed by atoms with E-state index >= 15 is 0 Å². The Morgan fingerprint density at radius 3 is 1.71 bits per heavy atom. The number of hydrogen-bond donors (Lipinski definition) is 2. The molecule has 0 saturated carbocycles. The topological polar surface area (TPSA) is 40.5 Å². The van der Waals surface area contributed by atoms with Gasteiger partial charge in [0.05, 0.1) is 48.8 Å². The molecule has 0 rings (SSSR count). The van der Waals surface area contributed by atoms with Crippen LogP contribution >= 0.6 is 0 Å².